The molecule has 40 heavy (non-hydrogen) atoms. The van der Waals surface area contributed by atoms with Crippen molar-refractivity contribution in [2.45, 2.75) is 12.8 Å². The van der Waals surface area contributed by atoms with Crippen LogP contribution in [-0.2, 0) is 4.79 Å². The highest BCUT2D eigenvalue weighted by Crippen LogP contribution is 2.38. The Morgan fingerprint density at radius 2 is 1.77 bits per heavy atom. The molecule has 2 heterocycles. The van der Waals surface area contributed by atoms with E-state index in [9.17, 15) is 9.59 Å². The second-order valence-corrected chi connectivity index (χ2v) is 9.95. The maximum atomic E-state index is 13.2. The van der Waals surface area contributed by atoms with Gasteiger partial charge >= 0.3 is 0 Å². The van der Waals surface area contributed by atoms with E-state index in [4.69, 9.17) is 4.74 Å². The predicted octanol–water partition coefficient (Wildman–Crippen LogP) is 4.18. The van der Waals surface area contributed by atoms with E-state index < -0.39 is 0 Å². The van der Waals surface area contributed by atoms with Crippen molar-refractivity contribution in [2.75, 3.05) is 74.9 Å². The smallest absolute Gasteiger partial charge is 0.247 e. The van der Waals surface area contributed by atoms with E-state index in [0.717, 1.165) is 37.6 Å². The lowest BCUT2D eigenvalue weighted by Crippen LogP contribution is -2.29. The zero-order valence-electron chi connectivity index (χ0n) is 23.6. The van der Waals surface area contributed by atoms with Crippen LogP contribution < -0.4 is 25.2 Å². The lowest BCUT2D eigenvalue weighted by Gasteiger charge is -2.26. The Labute approximate surface area is 235 Å². The molecule has 0 unspecified atom stereocenters. The number of ketones is 1. The van der Waals surface area contributed by atoms with Gasteiger partial charge in [0.15, 0.2) is 0 Å². The van der Waals surface area contributed by atoms with E-state index in [1.54, 1.807) is 19.2 Å². The van der Waals surface area contributed by atoms with Gasteiger partial charge in [-0.15, -0.1) is 0 Å². The zero-order valence-corrected chi connectivity index (χ0v) is 23.6. The lowest BCUT2D eigenvalue weighted by molar-refractivity contribution is -0.111. The minimum atomic E-state index is -0.335. The summed E-state index contributed by atoms with van der Waals surface area (Å²) in [5, 5.41) is 6.03. The fourth-order valence-electron chi connectivity index (χ4n) is 4.52. The number of benzene rings is 2. The summed E-state index contributed by atoms with van der Waals surface area (Å²) in [5.41, 5.74) is 3.84. The molecule has 0 spiro atoms. The molecular weight excluding hydrogens is 506 g/mol. The van der Waals surface area contributed by atoms with Crippen LogP contribution in [0.1, 0.15) is 28.9 Å². The predicted molar refractivity (Wildman–Crippen MR) is 160 cm³/mol. The van der Waals surface area contributed by atoms with E-state index in [0.29, 0.717) is 22.7 Å². The third kappa shape index (κ3) is 6.95. The number of ether oxygens (including phenoxy) is 1. The highest BCUT2D eigenvalue weighted by Gasteiger charge is 2.18. The first kappa shape index (κ1) is 28.6. The van der Waals surface area contributed by atoms with Crippen molar-refractivity contribution in [3.63, 3.8) is 0 Å². The summed E-state index contributed by atoms with van der Waals surface area (Å²) in [6, 6.07) is 12.9. The standard InChI is InChI=1S/C30H37N7O3/c1-6-28(38)32-24-19-25(27(40-5)20-26(24)36(4)18-17-35(2)3)34-30-31-14-13-23(33-30)29(39)21-9-11-22(12-10-21)37-15-7-8-16-37/h6,9-14,19-20H,1,7-8,15-18H2,2-5H3,(H,32,38)(H,31,33,34). The molecule has 2 N–H and O–H groups in total. The summed E-state index contributed by atoms with van der Waals surface area (Å²) in [4.78, 5) is 40.7. The minimum absolute atomic E-state index is 0.192. The summed E-state index contributed by atoms with van der Waals surface area (Å²) in [7, 11) is 7.53. The van der Waals surface area contributed by atoms with Crippen LogP contribution in [0.15, 0.2) is 61.3 Å². The van der Waals surface area contributed by atoms with Crippen LogP contribution in [0.25, 0.3) is 0 Å². The van der Waals surface area contributed by atoms with Crippen LogP contribution >= 0.6 is 0 Å². The number of hydrogen-bond acceptors (Lipinski definition) is 9. The monoisotopic (exact) mass is 543 g/mol. The highest BCUT2D eigenvalue weighted by atomic mass is 16.5. The first-order valence-electron chi connectivity index (χ1n) is 13.3. The minimum Gasteiger partial charge on any atom is -0.494 e. The average molecular weight is 544 g/mol. The van der Waals surface area contributed by atoms with Gasteiger partial charge in [0.05, 0.1) is 24.2 Å². The molecule has 1 aromatic heterocycles. The van der Waals surface area contributed by atoms with Crippen molar-refractivity contribution in [1.82, 2.24) is 14.9 Å². The number of carbonyl (C=O) groups excluding carboxylic acids is 2. The fraction of sp³-hybridized carbons (Fsp3) is 0.333. The molecular formula is C30H37N7O3. The first-order valence-corrected chi connectivity index (χ1v) is 13.3. The van der Waals surface area contributed by atoms with Gasteiger partial charge in [-0.2, -0.15) is 0 Å². The van der Waals surface area contributed by atoms with Crippen molar-refractivity contribution in [3.05, 3.63) is 72.6 Å². The Hall–Kier alpha value is -4.44. The Bertz CT molecular complexity index is 1350. The number of nitrogens with one attached hydrogen (secondary N) is 2. The third-order valence-electron chi connectivity index (χ3n) is 6.79. The van der Waals surface area contributed by atoms with Crippen LogP contribution in [0.5, 0.6) is 5.75 Å². The fourth-order valence-corrected chi connectivity index (χ4v) is 4.52. The van der Waals surface area contributed by atoms with E-state index >= 15 is 0 Å². The molecule has 4 rings (SSSR count). The molecule has 0 saturated carbocycles. The number of amides is 1. The van der Waals surface area contributed by atoms with Gasteiger partial charge in [-0.3, -0.25) is 9.59 Å². The molecule has 1 aliphatic rings. The molecule has 1 amide bonds. The van der Waals surface area contributed by atoms with Gasteiger partial charge in [0.25, 0.3) is 0 Å². The molecule has 0 aliphatic carbocycles. The Morgan fingerprint density at radius 1 is 1.05 bits per heavy atom. The number of nitrogens with zero attached hydrogens (tertiary/aromatic N) is 5. The second kappa shape index (κ2) is 13.1. The number of methoxy groups -OCH3 is 1. The van der Waals surface area contributed by atoms with Crippen LogP contribution in [0.2, 0.25) is 0 Å². The summed E-state index contributed by atoms with van der Waals surface area (Å²) in [6.45, 7) is 7.21. The molecule has 1 aliphatic heterocycles. The Morgan fingerprint density at radius 3 is 2.42 bits per heavy atom. The van der Waals surface area contributed by atoms with Gasteiger partial charge < -0.3 is 30.1 Å². The largest absolute Gasteiger partial charge is 0.494 e. The summed E-state index contributed by atoms with van der Waals surface area (Å²) in [6.07, 6.45) is 5.15. The molecule has 0 bridgehead atoms. The molecule has 3 aromatic rings. The van der Waals surface area contributed by atoms with E-state index in [-0.39, 0.29) is 23.3 Å². The highest BCUT2D eigenvalue weighted by molar-refractivity contribution is 6.08. The van der Waals surface area contributed by atoms with Gasteiger partial charge in [-0.05, 0) is 69.4 Å². The average Bonchev–Trinajstić information content (AvgIpc) is 3.51. The van der Waals surface area contributed by atoms with Gasteiger partial charge in [0, 0.05) is 56.7 Å². The van der Waals surface area contributed by atoms with Gasteiger partial charge in [0.1, 0.15) is 11.4 Å². The molecule has 10 heteroatoms. The molecule has 1 fully saturated rings. The summed E-state index contributed by atoms with van der Waals surface area (Å²) >= 11 is 0. The van der Waals surface area contributed by atoms with Crippen molar-refractivity contribution in [3.8, 4) is 5.75 Å². The molecule has 0 atom stereocenters. The zero-order chi connectivity index (χ0) is 28.6. The van der Waals surface area contributed by atoms with Gasteiger partial charge in [-0.25, -0.2) is 9.97 Å². The molecule has 2 aromatic carbocycles. The third-order valence-corrected chi connectivity index (χ3v) is 6.79. The summed E-state index contributed by atoms with van der Waals surface area (Å²) in [5.74, 6) is 0.230. The molecule has 210 valence electrons. The van der Waals surface area contributed by atoms with E-state index in [1.165, 1.54) is 25.1 Å². The maximum Gasteiger partial charge on any atom is 0.247 e. The molecule has 0 radical (unpaired) electrons. The molecule has 10 nitrogen and oxygen atoms in total. The number of hydrogen-bond donors (Lipinski definition) is 2. The SMILES string of the molecule is C=CC(=O)Nc1cc(Nc2nccc(C(=O)c3ccc(N4CCCC4)cc3)n2)c(OC)cc1N(C)CCN(C)C. The van der Waals surface area contributed by atoms with Crippen molar-refractivity contribution in [1.29, 1.82) is 0 Å². The number of rotatable bonds is 12. The Balaban J connectivity index is 1.58. The molecule has 1 saturated heterocycles. The number of anilines is 5. The van der Waals surface area contributed by atoms with Crippen molar-refractivity contribution in [2.24, 2.45) is 0 Å². The first-order chi connectivity index (χ1) is 19.3. The Kier molecular flexibility index (Phi) is 9.34. The normalized spacial score (nSPS) is 12.8. The van der Waals surface area contributed by atoms with Gasteiger partial charge in [-0.1, -0.05) is 6.58 Å². The van der Waals surface area contributed by atoms with E-state index in [1.807, 2.05) is 56.4 Å². The van der Waals surface area contributed by atoms with Crippen LogP contribution in [0, 0.1) is 0 Å². The lowest BCUT2D eigenvalue weighted by atomic mass is 10.1. The number of aromatic nitrogens is 2. The number of likely N-dealkylation sites (N-methyl/N-ethyl adjacent to an activating group) is 2. The quantitative estimate of drug-likeness (QED) is 0.257. The van der Waals surface area contributed by atoms with Crippen molar-refractivity contribution < 1.29 is 14.3 Å². The van der Waals surface area contributed by atoms with Crippen LogP contribution in [-0.4, -0.2) is 81.0 Å². The van der Waals surface area contributed by atoms with Crippen LogP contribution in [0.3, 0.4) is 0 Å². The second-order valence-electron chi connectivity index (χ2n) is 9.95. The van der Waals surface area contributed by atoms with E-state index in [2.05, 4.69) is 37.0 Å². The topological polar surface area (TPSA) is 103 Å². The van der Waals surface area contributed by atoms with Crippen LogP contribution in [0.4, 0.5) is 28.7 Å². The number of carbonyl (C=O) groups is 2. The van der Waals surface area contributed by atoms with Crippen molar-refractivity contribution >= 4 is 40.4 Å². The van der Waals surface area contributed by atoms with Gasteiger partial charge in [0.2, 0.25) is 17.6 Å². The maximum absolute atomic E-state index is 13.2. The summed E-state index contributed by atoms with van der Waals surface area (Å²) < 4.78 is 5.66.